The average molecular weight is 435 g/mol. The van der Waals surface area contributed by atoms with E-state index >= 15 is 0 Å². The van der Waals surface area contributed by atoms with Crippen molar-refractivity contribution in [2.45, 2.75) is 5.66 Å². The minimum absolute atomic E-state index is 0.0672. The Morgan fingerprint density at radius 2 is 1.03 bits per heavy atom. The number of ether oxygens (including phenoxy) is 1. The van der Waals surface area contributed by atoms with Crippen LogP contribution in [0.1, 0.15) is 5.56 Å². The number of hydrogen-bond acceptors (Lipinski definition) is 2. The highest BCUT2D eigenvalue weighted by Crippen LogP contribution is 2.63. The van der Waals surface area contributed by atoms with Crippen molar-refractivity contribution in [3.8, 4) is 0 Å². The smallest absolute Gasteiger partial charge is 0.338 e. The Bertz CT molecular complexity index is 1120. The summed E-state index contributed by atoms with van der Waals surface area (Å²) < 4.78 is 5.74. The van der Waals surface area contributed by atoms with E-state index in [0.29, 0.717) is 6.61 Å². The fraction of sp³-hybridized carbons (Fsp3) is 0.0690. The van der Waals surface area contributed by atoms with Gasteiger partial charge in [-0.1, -0.05) is 84.9 Å². The average Bonchev–Trinajstić information content (AvgIpc) is 3.22. The molecule has 1 unspecified atom stereocenters. The first-order valence-corrected chi connectivity index (χ1v) is 12.7. The highest BCUT2D eigenvalue weighted by molar-refractivity contribution is 7.96. The first-order chi connectivity index (χ1) is 15.8. The third-order valence-corrected chi connectivity index (χ3v) is 10.7. The molecular formula is C29H24O2P+. The molecule has 0 radical (unpaired) electrons. The van der Waals surface area contributed by atoms with Gasteiger partial charge < -0.3 is 4.74 Å². The van der Waals surface area contributed by atoms with Crippen molar-refractivity contribution in [1.29, 1.82) is 0 Å². The summed E-state index contributed by atoms with van der Waals surface area (Å²) >= 11 is 0. The van der Waals surface area contributed by atoms with Crippen LogP contribution in [0.2, 0.25) is 0 Å². The SMILES string of the molecule is O=C1OCC([P+](c2ccccc2)(c2ccccc2)c2ccccc2)/C1=C\c1ccccc1. The quantitative estimate of drug-likeness (QED) is 0.251. The number of cyclic esters (lactones) is 1. The predicted octanol–water partition coefficient (Wildman–Crippen LogP) is 4.99. The Balaban J connectivity index is 1.82. The van der Waals surface area contributed by atoms with Crippen LogP contribution in [-0.4, -0.2) is 18.2 Å². The Morgan fingerprint density at radius 3 is 1.47 bits per heavy atom. The summed E-state index contributed by atoms with van der Waals surface area (Å²) in [5.74, 6) is -0.217. The summed E-state index contributed by atoms with van der Waals surface area (Å²) in [4.78, 5) is 13.1. The van der Waals surface area contributed by atoms with E-state index in [-0.39, 0.29) is 11.6 Å². The second kappa shape index (κ2) is 8.94. The molecule has 0 bridgehead atoms. The molecule has 4 aromatic rings. The molecule has 0 saturated carbocycles. The minimum atomic E-state index is -2.25. The van der Waals surface area contributed by atoms with E-state index in [2.05, 4.69) is 72.8 Å². The lowest BCUT2D eigenvalue weighted by atomic mass is 10.1. The van der Waals surface area contributed by atoms with Crippen LogP contribution in [-0.2, 0) is 9.53 Å². The summed E-state index contributed by atoms with van der Waals surface area (Å²) in [6.45, 7) is 0.379. The van der Waals surface area contributed by atoms with Crippen LogP contribution in [0.3, 0.4) is 0 Å². The van der Waals surface area contributed by atoms with Crippen LogP contribution in [0.25, 0.3) is 6.08 Å². The van der Waals surface area contributed by atoms with Gasteiger partial charge in [0.2, 0.25) is 0 Å². The maximum atomic E-state index is 13.1. The highest BCUT2D eigenvalue weighted by atomic mass is 31.2. The van der Waals surface area contributed by atoms with Gasteiger partial charge in [0.15, 0.2) is 0 Å². The maximum Gasteiger partial charge on any atom is 0.338 e. The van der Waals surface area contributed by atoms with Gasteiger partial charge in [-0.05, 0) is 48.0 Å². The molecule has 1 atom stereocenters. The minimum Gasteiger partial charge on any atom is -0.458 e. The lowest BCUT2D eigenvalue weighted by molar-refractivity contribution is -0.134. The van der Waals surface area contributed by atoms with Crippen LogP contribution >= 0.6 is 7.26 Å². The standard InChI is InChI=1S/C29H24O2P/c30-29-27(21-23-13-5-1-6-14-23)28(22-31-29)32(24-15-7-2-8-16-24,25-17-9-3-10-18-25)26-19-11-4-12-20-26/h1-21,28H,22H2/q+1/b27-21+. The van der Waals surface area contributed by atoms with Crippen LogP contribution < -0.4 is 15.9 Å². The molecule has 3 heteroatoms. The molecular weight excluding hydrogens is 411 g/mol. The molecule has 1 heterocycles. The Hall–Kier alpha value is -3.48. The second-order valence-electron chi connectivity index (χ2n) is 7.85. The number of esters is 1. The van der Waals surface area contributed by atoms with Crippen LogP contribution in [0.5, 0.6) is 0 Å². The molecule has 156 valence electrons. The molecule has 0 amide bonds. The molecule has 1 saturated heterocycles. The molecule has 0 N–H and O–H groups in total. The molecule has 0 aromatic heterocycles. The number of hydrogen-bond donors (Lipinski definition) is 0. The summed E-state index contributed by atoms with van der Waals surface area (Å²) in [6.07, 6.45) is 2.02. The number of carbonyl (C=O) groups is 1. The molecule has 1 aliphatic rings. The molecule has 0 spiro atoms. The van der Waals surface area contributed by atoms with Crippen molar-refractivity contribution >= 4 is 35.2 Å². The molecule has 2 nitrogen and oxygen atoms in total. The molecule has 0 aliphatic carbocycles. The Labute approximate surface area is 189 Å². The van der Waals surface area contributed by atoms with Crippen molar-refractivity contribution in [1.82, 2.24) is 0 Å². The summed E-state index contributed by atoms with van der Waals surface area (Å²) in [5.41, 5.74) is 1.70. The second-order valence-corrected chi connectivity index (χ2v) is 11.5. The van der Waals surface area contributed by atoms with E-state index in [1.54, 1.807) is 0 Å². The third-order valence-electron chi connectivity index (χ3n) is 6.05. The van der Waals surface area contributed by atoms with Gasteiger partial charge >= 0.3 is 5.97 Å². The van der Waals surface area contributed by atoms with Crippen molar-refractivity contribution in [3.05, 3.63) is 132 Å². The van der Waals surface area contributed by atoms with Gasteiger partial charge in [0.1, 0.15) is 35.4 Å². The highest BCUT2D eigenvalue weighted by Gasteiger charge is 2.58. The van der Waals surface area contributed by atoms with Crippen molar-refractivity contribution in [2.75, 3.05) is 6.61 Å². The van der Waals surface area contributed by atoms with Crippen LogP contribution in [0, 0.1) is 0 Å². The fourth-order valence-electron chi connectivity index (χ4n) is 4.64. The zero-order valence-corrected chi connectivity index (χ0v) is 18.6. The largest absolute Gasteiger partial charge is 0.458 e. The Morgan fingerprint density at radius 1 is 0.625 bits per heavy atom. The zero-order valence-electron chi connectivity index (χ0n) is 17.7. The van der Waals surface area contributed by atoms with Gasteiger partial charge in [0.05, 0.1) is 5.57 Å². The molecule has 4 aromatic carbocycles. The van der Waals surface area contributed by atoms with Crippen LogP contribution in [0.15, 0.2) is 127 Å². The van der Waals surface area contributed by atoms with E-state index in [1.807, 2.05) is 54.6 Å². The topological polar surface area (TPSA) is 26.3 Å². The first-order valence-electron chi connectivity index (χ1n) is 10.8. The zero-order chi connectivity index (χ0) is 21.8. The number of carbonyl (C=O) groups excluding carboxylic acids is 1. The van der Waals surface area contributed by atoms with Gasteiger partial charge in [-0.2, -0.15) is 0 Å². The van der Waals surface area contributed by atoms with Crippen molar-refractivity contribution in [3.63, 3.8) is 0 Å². The summed E-state index contributed by atoms with van der Waals surface area (Å²) in [7, 11) is -2.25. The van der Waals surface area contributed by atoms with Gasteiger partial charge in [0, 0.05) is 0 Å². The third kappa shape index (κ3) is 3.57. The monoisotopic (exact) mass is 435 g/mol. The van der Waals surface area contributed by atoms with E-state index in [9.17, 15) is 4.79 Å². The summed E-state index contributed by atoms with van der Waals surface area (Å²) in [5, 5.41) is 3.75. The Kier molecular flexibility index (Phi) is 5.71. The van der Waals surface area contributed by atoms with Gasteiger partial charge in [0.25, 0.3) is 0 Å². The van der Waals surface area contributed by atoms with Crippen molar-refractivity contribution < 1.29 is 9.53 Å². The molecule has 1 aliphatic heterocycles. The van der Waals surface area contributed by atoms with E-state index < -0.39 is 7.26 Å². The fourth-order valence-corrected chi connectivity index (χ4v) is 9.44. The lowest BCUT2D eigenvalue weighted by Crippen LogP contribution is -2.40. The normalized spacial score (nSPS) is 17.3. The summed E-state index contributed by atoms with van der Waals surface area (Å²) in [6, 6.07) is 42.0. The number of rotatable bonds is 5. The molecule has 1 fully saturated rings. The molecule has 5 rings (SSSR count). The van der Waals surface area contributed by atoms with E-state index in [0.717, 1.165) is 11.1 Å². The number of benzene rings is 4. The molecule has 32 heavy (non-hydrogen) atoms. The maximum absolute atomic E-state index is 13.1. The van der Waals surface area contributed by atoms with Crippen molar-refractivity contribution in [2.24, 2.45) is 0 Å². The lowest BCUT2D eigenvalue weighted by Gasteiger charge is -2.32. The first kappa shape index (κ1) is 20.4. The van der Waals surface area contributed by atoms with Gasteiger partial charge in [-0.3, -0.25) is 0 Å². The van der Waals surface area contributed by atoms with E-state index in [4.69, 9.17) is 4.74 Å². The van der Waals surface area contributed by atoms with Gasteiger partial charge in [-0.15, -0.1) is 0 Å². The predicted molar refractivity (Wildman–Crippen MR) is 134 cm³/mol. The van der Waals surface area contributed by atoms with Gasteiger partial charge in [-0.25, -0.2) is 4.79 Å². The van der Waals surface area contributed by atoms with Crippen LogP contribution in [0.4, 0.5) is 0 Å². The van der Waals surface area contributed by atoms with E-state index in [1.165, 1.54) is 15.9 Å².